The Morgan fingerprint density at radius 2 is 1.73 bits per heavy atom. The normalized spacial score (nSPS) is 15.4. The van der Waals surface area contributed by atoms with Gasteiger partial charge in [0.15, 0.2) is 0 Å². The van der Waals surface area contributed by atoms with Gasteiger partial charge in [-0.3, -0.25) is 0 Å². The molecule has 0 saturated carbocycles. The highest BCUT2D eigenvalue weighted by Gasteiger charge is 2.23. The number of alkyl halides is 2. The van der Waals surface area contributed by atoms with Crippen LogP contribution in [-0.2, 0) is 0 Å². The summed E-state index contributed by atoms with van der Waals surface area (Å²) in [6, 6.07) is 10.9. The molecule has 170 valence electrons. The van der Waals surface area contributed by atoms with E-state index in [0.717, 1.165) is 30.8 Å². The Labute approximate surface area is 188 Å². The predicted molar refractivity (Wildman–Crippen MR) is 116 cm³/mol. The number of pyridine rings is 1. The van der Waals surface area contributed by atoms with Crippen LogP contribution in [0, 0.1) is 0 Å². The van der Waals surface area contributed by atoms with Gasteiger partial charge in [-0.2, -0.15) is 8.78 Å². The van der Waals surface area contributed by atoms with Gasteiger partial charge in [-0.1, -0.05) is 17.3 Å². The molecule has 0 unspecified atom stereocenters. The maximum Gasteiger partial charge on any atom is 0.314 e. The van der Waals surface area contributed by atoms with Crippen LogP contribution in [0.1, 0.15) is 36.8 Å². The SMILES string of the molecule is Nc1ccc(-c2cn([C@@H](CN3CCCC3)c3ccc(-c4nnc(C(F)F)o4)cc3)nn2)cn1. The molecule has 3 aromatic heterocycles. The van der Waals surface area contributed by atoms with E-state index in [0.29, 0.717) is 17.1 Å². The molecule has 5 rings (SSSR count). The minimum Gasteiger partial charge on any atom is -0.415 e. The van der Waals surface area contributed by atoms with Crippen LogP contribution in [0.3, 0.4) is 0 Å². The molecule has 1 fully saturated rings. The topological polar surface area (TPSA) is 112 Å². The number of nitrogen functional groups attached to an aromatic ring is 1. The highest BCUT2D eigenvalue weighted by Crippen LogP contribution is 2.28. The Kier molecular flexibility index (Phi) is 5.78. The second-order valence-electron chi connectivity index (χ2n) is 7.95. The fourth-order valence-corrected chi connectivity index (χ4v) is 3.96. The molecular weight excluding hydrogens is 430 g/mol. The zero-order chi connectivity index (χ0) is 22.8. The standard InChI is InChI=1S/C22H22F2N8O/c23-20(24)22-29-28-21(33-22)15-5-3-14(4-6-15)18(13-31-9-1-2-10-31)32-12-17(27-30-32)16-7-8-19(25)26-11-16/h3-8,11-12,18,20H,1-2,9-10,13H2,(H2,25,26)/t18-/m0/s1. The number of nitrogens with zero attached hydrogens (tertiary/aromatic N) is 7. The van der Waals surface area contributed by atoms with Crippen LogP contribution in [0.15, 0.2) is 53.2 Å². The van der Waals surface area contributed by atoms with Gasteiger partial charge in [0.25, 0.3) is 5.89 Å². The molecule has 9 nitrogen and oxygen atoms in total. The summed E-state index contributed by atoms with van der Waals surface area (Å²) in [6.45, 7) is 2.85. The van der Waals surface area contributed by atoms with Gasteiger partial charge >= 0.3 is 6.43 Å². The largest absolute Gasteiger partial charge is 0.415 e. The smallest absolute Gasteiger partial charge is 0.314 e. The van der Waals surface area contributed by atoms with Gasteiger partial charge in [0, 0.05) is 23.9 Å². The van der Waals surface area contributed by atoms with Crippen molar-refractivity contribution >= 4 is 5.82 Å². The maximum absolute atomic E-state index is 12.8. The number of hydrogen-bond donors (Lipinski definition) is 1. The van der Waals surface area contributed by atoms with Gasteiger partial charge in [-0.15, -0.1) is 15.3 Å². The van der Waals surface area contributed by atoms with E-state index in [1.165, 1.54) is 12.8 Å². The Balaban J connectivity index is 1.43. The van der Waals surface area contributed by atoms with Crippen molar-refractivity contribution < 1.29 is 13.2 Å². The molecule has 4 heterocycles. The fraction of sp³-hybridized carbons (Fsp3) is 0.318. The van der Waals surface area contributed by atoms with Crippen LogP contribution in [-0.4, -0.2) is 54.7 Å². The summed E-state index contributed by atoms with van der Waals surface area (Å²) in [5.41, 5.74) is 8.80. The van der Waals surface area contributed by atoms with Gasteiger partial charge in [-0.25, -0.2) is 9.67 Å². The third-order valence-corrected chi connectivity index (χ3v) is 5.71. The Morgan fingerprint density at radius 3 is 2.39 bits per heavy atom. The number of rotatable bonds is 7. The van der Waals surface area contributed by atoms with Crippen LogP contribution >= 0.6 is 0 Å². The van der Waals surface area contributed by atoms with Crippen LogP contribution in [0.4, 0.5) is 14.6 Å². The highest BCUT2D eigenvalue weighted by molar-refractivity contribution is 5.58. The third-order valence-electron chi connectivity index (χ3n) is 5.71. The van der Waals surface area contributed by atoms with E-state index < -0.39 is 12.3 Å². The Morgan fingerprint density at radius 1 is 0.970 bits per heavy atom. The molecule has 0 amide bonds. The van der Waals surface area contributed by atoms with Crippen molar-refractivity contribution in [3.05, 3.63) is 60.2 Å². The van der Waals surface area contributed by atoms with Gasteiger partial charge in [0.2, 0.25) is 5.89 Å². The van der Waals surface area contributed by atoms with Crippen LogP contribution in [0.5, 0.6) is 0 Å². The summed E-state index contributed by atoms with van der Waals surface area (Å²) >= 11 is 0. The number of benzene rings is 1. The molecule has 0 bridgehead atoms. The molecule has 1 aliphatic heterocycles. The van der Waals surface area contributed by atoms with E-state index in [4.69, 9.17) is 10.2 Å². The first-order valence-electron chi connectivity index (χ1n) is 10.6. The number of nitrogens with two attached hydrogens (primary N) is 1. The first-order chi connectivity index (χ1) is 16.1. The molecule has 1 aromatic carbocycles. The molecule has 33 heavy (non-hydrogen) atoms. The monoisotopic (exact) mass is 452 g/mol. The second-order valence-corrected chi connectivity index (χ2v) is 7.95. The minimum absolute atomic E-state index is 0.0619. The van der Waals surface area contributed by atoms with Crippen molar-refractivity contribution in [2.45, 2.75) is 25.3 Å². The van der Waals surface area contributed by atoms with Gasteiger partial charge in [0.05, 0.1) is 12.2 Å². The molecule has 0 spiro atoms. The molecule has 11 heteroatoms. The number of aromatic nitrogens is 6. The maximum atomic E-state index is 12.8. The summed E-state index contributed by atoms with van der Waals surface area (Å²) in [5, 5.41) is 15.8. The highest BCUT2D eigenvalue weighted by atomic mass is 19.3. The van der Waals surface area contributed by atoms with E-state index in [1.54, 1.807) is 24.4 Å². The first-order valence-corrected chi connectivity index (χ1v) is 10.6. The lowest BCUT2D eigenvalue weighted by atomic mass is 10.0. The van der Waals surface area contributed by atoms with E-state index >= 15 is 0 Å². The van der Waals surface area contributed by atoms with E-state index in [2.05, 4.69) is 30.4 Å². The number of hydrogen-bond acceptors (Lipinski definition) is 8. The summed E-state index contributed by atoms with van der Waals surface area (Å²) in [4.78, 5) is 6.53. The third kappa shape index (κ3) is 4.58. The zero-order valence-corrected chi connectivity index (χ0v) is 17.7. The molecule has 0 radical (unpaired) electrons. The van der Waals surface area contributed by atoms with Gasteiger partial charge in [0.1, 0.15) is 11.5 Å². The first kappa shape index (κ1) is 21.1. The molecule has 0 aliphatic carbocycles. The average molecular weight is 452 g/mol. The van der Waals surface area contributed by atoms with Crippen molar-refractivity contribution in [1.82, 2.24) is 35.1 Å². The zero-order valence-electron chi connectivity index (χ0n) is 17.7. The van der Waals surface area contributed by atoms with E-state index in [9.17, 15) is 8.78 Å². The summed E-state index contributed by atoms with van der Waals surface area (Å²) < 4.78 is 32.4. The average Bonchev–Trinajstić information content (AvgIpc) is 3.60. The van der Waals surface area contributed by atoms with E-state index in [-0.39, 0.29) is 11.9 Å². The Bertz CT molecular complexity index is 1200. The Hall–Kier alpha value is -3.73. The summed E-state index contributed by atoms with van der Waals surface area (Å²) in [6.07, 6.45) is 3.12. The number of anilines is 1. The molecule has 4 aromatic rings. The lowest BCUT2D eigenvalue weighted by Gasteiger charge is -2.24. The predicted octanol–water partition coefficient (Wildman–Crippen LogP) is 3.60. The van der Waals surface area contributed by atoms with Gasteiger partial charge in [-0.05, 0) is 55.8 Å². The van der Waals surface area contributed by atoms with Crippen molar-refractivity contribution in [3.63, 3.8) is 0 Å². The van der Waals surface area contributed by atoms with Crippen molar-refractivity contribution in [2.24, 2.45) is 0 Å². The van der Waals surface area contributed by atoms with Crippen molar-refractivity contribution in [1.29, 1.82) is 0 Å². The lowest BCUT2D eigenvalue weighted by molar-refractivity contribution is 0.116. The van der Waals surface area contributed by atoms with Gasteiger partial charge < -0.3 is 15.1 Å². The van der Waals surface area contributed by atoms with Crippen molar-refractivity contribution in [3.8, 4) is 22.7 Å². The molecular formula is C22H22F2N8O. The number of likely N-dealkylation sites (tertiary alicyclic amines) is 1. The second kappa shape index (κ2) is 9.02. The molecule has 1 aliphatic rings. The lowest BCUT2D eigenvalue weighted by Crippen LogP contribution is -2.29. The summed E-state index contributed by atoms with van der Waals surface area (Å²) in [7, 11) is 0. The fourth-order valence-electron chi connectivity index (χ4n) is 3.96. The number of halogens is 2. The minimum atomic E-state index is -2.80. The molecule has 1 saturated heterocycles. The van der Waals surface area contributed by atoms with Crippen LogP contribution in [0.25, 0.3) is 22.7 Å². The molecule has 2 N–H and O–H groups in total. The van der Waals surface area contributed by atoms with Crippen LogP contribution in [0.2, 0.25) is 0 Å². The van der Waals surface area contributed by atoms with Crippen molar-refractivity contribution in [2.75, 3.05) is 25.4 Å². The van der Waals surface area contributed by atoms with E-state index in [1.807, 2.05) is 29.1 Å². The quantitative estimate of drug-likeness (QED) is 0.453. The van der Waals surface area contributed by atoms with Crippen LogP contribution < -0.4 is 5.73 Å². The molecule has 1 atom stereocenters. The summed E-state index contributed by atoms with van der Waals surface area (Å²) in [5.74, 6) is -0.180.